The number of halogens is 2. The summed E-state index contributed by atoms with van der Waals surface area (Å²) in [6.45, 7) is -0.235. The average molecular weight is 400 g/mol. The number of sulfonamides is 1. The monoisotopic (exact) mass is 400 g/mol. The lowest BCUT2D eigenvalue weighted by atomic mass is 10.2. The molecule has 0 radical (unpaired) electrons. The highest BCUT2D eigenvalue weighted by Gasteiger charge is 2.26. The summed E-state index contributed by atoms with van der Waals surface area (Å²) in [5.41, 5.74) is 1.06. The number of rotatable bonds is 5. The molecule has 0 unspecified atom stereocenters. The van der Waals surface area contributed by atoms with E-state index in [1.54, 1.807) is 30.3 Å². The Hall–Kier alpha value is -3.33. The minimum atomic E-state index is -4.04. The van der Waals surface area contributed by atoms with Gasteiger partial charge >= 0.3 is 0 Å². The lowest BCUT2D eigenvalue weighted by Gasteiger charge is -2.24. The van der Waals surface area contributed by atoms with Gasteiger partial charge in [-0.15, -0.1) is 10.2 Å². The van der Waals surface area contributed by atoms with E-state index in [1.807, 2.05) is 0 Å². The highest BCUT2D eigenvalue weighted by atomic mass is 32.2. The van der Waals surface area contributed by atoms with E-state index in [-0.39, 0.29) is 17.0 Å². The topological polar surface area (TPSA) is 67.6 Å². The number of benzene rings is 2. The minimum absolute atomic E-state index is 0.000489. The van der Waals surface area contributed by atoms with Gasteiger partial charge in [0, 0.05) is 12.3 Å². The van der Waals surface area contributed by atoms with Crippen molar-refractivity contribution in [1.82, 2.24) is 14.6 Å². The predicted octanol–water partition coefficient (Wildman–Crippen LogP) is 3.40. The van der Waals surface area contributed by atoms with Gasteiger partial charge in [-0.2, -0.15) is 0 Å². The molecule has 4 rings (SSSR count). The van der Waals surface area contributed by atoms with Gasteiger partial charge in [-0.05, 0) is 42.0 Å². The third-order valence-corrected chi connectivity index (χ3v) is 5.90. The summed E-state index contributed by atoms with van der Waals surface area (Å²) in [6, 6.07) is 14.3. The molecule has 28 heavy (non-hydrogen) atoms. The van der Waals surface area contributed by atoms with Crippen molar-refractivity contribution >= 4 is 21.4 Å². The van der Waals surface area contributed by atoms with Gasteiger partial charge < -0.3 is 0 Å². The summed E-state index contributed by atoms with van der Waals surface area (Å²) < 4.78 is 56.5. The van der Waals surface area contributed by atoms with E-state index in [4.69, 9.17) is 0 Å². The second kappa shape index (κ2) is 7.01. The Kier molecular flexibility index (Phi) is 4.52. The van der Waals surface area contributed by atoms with Crippen LogP contribution in [-0.4, -0.2) is 23.0 Å². The molecule has 0 N–H and O–H groups in total. The Morgan fingerprint density at radius 1 is 0.964 bits per heavy atom. The van der Waals surface area contributed by atoms with Crippen LogP contribution in [0.5, 0.6) is 0 Å². The lowest BCUT2D eigenvalue weighted by molar-refractivity contribution is 0.576. The molecule has 0 spiro atoms. The van der Waals surface area contributed by atoms with E-state index in [0.29, 0.717) is 11.3 Å². The van der Waals surface area contributed by atoms with Crippen molar-refractivity contribution in [1.29, 1.82) is 0 Å². The highest BCUT2D eigenvalue weighted by Crippen LogP contribution is 2.26. The van der Waals surface area contributed by atoms with Crippen molar-refractivity contribution in [2.24, 2.45) is 0 Å². The van der Waals surface area contributed by atoms with Crippen LogP contribution in [0.2, 0.25) is 0 Å². The Bertz CT molecular complexity index is 1220. The van der Waals surface area contributed by atoms with Gasteiger partial charge in [-0.25, -0.2) is 17.2 Å². The summed E-state index contributed by atoms with van der Waals surface area (Å²) in [6.07, 6.45) is 2.79. The van der Waals surface area contributed by atoms with Gasteiger partial charge in [0.1, 0.15) is 22.9 Å². The van der Waals surface area contributed by atoms with Gasteiger partial charge in [-0.3, -0.25) is 8.71 Å². The maximum Gasteiger partial charge on any atom is 0.266 e. The Morgan fingerprint density at radius 3 is 2.39 bits per heavy atom. The normalized spacial score (nSPS) is 11.6. The fraction of sp³-hybridized carbons (Fsp3) is 0.0526. The van der Waals surface area contributed by atoms with Gasteiger partial charge in [0.15, 0.2) is 5.65 Å². The fourth-order valence-corrected chi connectivity index (χ4v) is 4.32. The van der Waals surface area contributed by atoms with E-state index in [0.717, 1.165) is 22.5 Å². The van der Waals surface area contributed by atoms with E-state index >= 15 is 0 Å². The van der Waals surface area contributed by atoms with Crippen LogP contribution in [-0.2, 0) is 16.6 Å². The SMILES string of the molecule is O=S(=O)(c1ccc2nncn2c1)N(Cc1cc(F)cc(F)c1)c1ccccc1. The number of pyridine rings is 1. The standard InChI is InChI=1S/C19H14F2N4O2S/c20-15-8-14(9-16(21)10-15)11-25(17-4-2-1-3-5-17)28(26,27)18-6-7-19-23-22-13-24(19)12-18/h1-10,12-13H,11H2. The zero-order valence-electron chi connectivity index (χ0n) is 14.4. The van der Waals surface area contributed by atoms with Crippen LogP contribution in [0.15, 0.2) is 78.1 Å². The van der Waals surface area contributed by atoms with Crippen molar-refractivity contribution < 1.29 is 17.2 Å². The van der Waals surface area contributed by atoms with Crippen LogP contribution < -0.4 is 4.31 Å². The van der Waals surface area contributed by atoms with E-state index < -0.39 is 21.7 Å². The second-order valence-corrected chi connectivity index (χ2v) is 7.95. The van der Waals surface area contributed by atoms with Crippen molar-refractivity contribution in [2.45, 2.75) is 11.4 Å². The maximum atomic E-state index is 13.6. The number of hydrogen-bond donors (Lipinski definition) is 0. The number of nitrogens with zero attached hydrogens (tertiary/aromatic N) is 4. The average Bonchev–Trinajstić information content (AvgIpc) is 3.14. The molecule has 0 bridgehead atoms. The van der Waals surface area contributed by atoms with Crippen LogP contribution in [0.3, 0.4) is 0 Å². The molecule has 0 fully saturated rings. The molecule has 6 nitrogen and oxygen atoms in total. The molecule has 0 aliphatic carbocycles. The molecule has 0 aliphatic heterocycles. The lowest BCUT2D eigenvalue weighted by Crippen LogP contribution is -2.30. The predicted molar refractivity (Wildman–Crippen MR) is 99.2 cm³/mol. The zero-order chi connectivity index (χ0) is 19.7. The first-order valence-electron chi connectivity index (χ1n) is 8.26. The molecule has 2 heterocycles. The number of hydrogen-bond acceptors (Lipinski definition) is 4. The number of anilines is 1. The number of aromatic nitrogens is 3. The third kappa shape index (κ3) is 3.44. The molecular formula is C19H14F2N4O2S. The highest BCUT2D eigenvalue weighted by molar-refractivity contribution is 7.92. The van der Waals surface area contributed by atoms with Gasteiger partial charge in [-0.1, -0.05) is 18.2 Å². The number of para-hydroxylation sites is 1. The Morgan fingerprint density at radius 2 is 1.68 bits per heavy atom. The molecule has 9 heteroatoms. The van der Waals surface area contributed by atoms with E-state index in [1.165, 1.54) is 29.1 Å². The summed E-state index contributed by atoms with van der Waals surface area (Å²) in [5, 5.41) is 7.59. The molecular weight excluding hydrogens is 386 g/mol. The summed E-state index contributed by atoms with van der Waals surface area (Å²) in [7, 11) is -4.04. The van der Waals surface area contributed by atoms with Crippen LogP contribution in [0.25, 0.3) is 5.65 Å². The van der Waals surface area contributed by atoms with Crippen molar-refractivity contribution in [3.05, 3.63) is 90.4 Å². The Labute approximate surface area is 159 Å². The fourth-order valence-electron chi connectivity index (χ4n) is 2.86. The Balaban J connectivity index is 1.82. The smallest absolute Gasteiger partial charge is 0.266 e. The molecule has 0 atom stereocenters. The summed E-state index contributed by atoms with van der Waals surface area (Å²) in [4.78, 5) is 0.000489. The van der Waals surface area contributed by atoms with Crippen LogP contribution in [0.1, 0.15) is 5.56 Å². The van der Waals surface area contributed by atoms with Crippen molar-refractivity contribution in [2.75, 3.05) is 4.31 Å². The largest absolute Gasteiger partial charge is 0.288 e. The molecule has 2 aromatic heterocycles. The quantitative estimate of drug-likeness (QED) is 0.515. The van der Waals surface area contributed by atoms with Crippen molar-refractivity contribution in [3.8, 4) is 0 Å². The van der Waals surface area contributed by atoms with Crippen molar-refractivity contribution in [3.63, 3.8) is 0 Å². The van der Waals surface area contributed by atoms with E-state index in [2.05, 4.69) is 10.2 Å². The van der Waals surface area contributed by atoms with Crippen LogP contribution in [0.4, 0.5) is 14.5 Å². The first-order valence-corrected chi connectivity index (χ1v) is 9.70. The van der Waals surface area contributed by atoms with Gasteiger partial charge in [0.2, 0.25) is 0 Å². The van der Waals surface area contributed by atoms with Crippen LogP contribution >= 0.6 is 0 Å². The molecule has 0 amide bonds. The minimum Gasteiger partial charge on any atom is -0.288 e. The molecule has 0 saturated heterocycles. The van der Waals surface area contributed by atoms with E-state index in [9.17, 15) is 17.2 Å². The summed E-state index contributed by atoms with van der Waals surface area (Å²) >= 11 is 0. The molecule has 0 saturated carbocycles. The molecule has 142 valence electrons. The maximum absolute atomic E-state index is 13.6. The molecule has 0 aliphatic rings. The molecule has 4 aromatic rings. The first kappa shape index (κ1) is 18.1. The third-order valence-electron chi connectivity index (χ3n) is 4.14. The number of fused-ring (bicyclic) bond motifs is 1. The van der Waals surface area contributed by atoms with Gasteiger partial charge in [0.05, 0.1) is 12.2 Å². The van der Waals surface area contributed by atoms with Gasteiger partial charge in [0.25, 0.3) is 10.0 Å². The summed E-state index contributed by atoms with van der Waals surface area (Å²) in [5.74, 6) is -1.54. The first-order chi connectivity index (χ1) is 13.4. The van der Waals surface area contributed by atoms with Crippen LogP contribution in [0, 0.1) is 11.6 Å². The zero-order valence-corrected chi connectivity index (χ0v) is 15.2. The molecule has 2 aromatic carbocycles. The second-order valence-electron chi connectivity index (χ2n) is 6.09.